The third kappa shape index (κ3) is 4.82. The Morgan fingerprint density at radius 3 is 2.88 bits per heavy atom. The van der Waals surface area contributed by atoms with Crippen LogP contribution in [0.3, 0.4) is 0 Å². The van der Waals surface area contributed by atoms with Crippen molar-refractivity contribution in [3.8, 4) is 0 Å². The molecule has 0 saturated heterocycles. The normalized spacial score (nSPS) is 11.9. The summed E-state index contributed by atoms with van der Waals surface area (Å²) in [6, 6.07) is 0. The maximum absolute atomic E-state index is 11.7. The molecule has 17 heavy (non-hydrogen) atoms. The number of nitrogens with two attached hydrogens (primary N) is 1. The van der Waals surface area contributed by atoms with Crippen LogP contribution in [0.4, 0.5) is 0 Å². The number of nitrogens with zero attached hydrogens (tertiary/aromatic N) is 2. The monoisotopic (exact) mass is 262 g/mol. The highest BCUT2D eigenvalue weighted by Crippen LogP contribution is 2.05. The van der Waals surface area contributed by atoms with E-state index in [4.69, 9.17) is 10.5 Å². The maximum atomic E-state index is 11.7. The van der Waals surface area contributed by atoms with Crippen LogP contribution in [0.1, 0.15) is 6.42 Å². The van der Waals surface area contributed by atoms with Gasteiger partial charge in [-0.15, -0.1) is 0 Å². The lowest BCUT2D eigenvalue weighted by Gasteiger charge is -2.05. The Morgan fingerprint density at radius 1 is 1.53 bits per heavy atom. The SMILES string of the molecule is Cn1cc(S(=O)(=O)NCCCOCCN)cn1. The van der Waals surface area contributed by atoms with Gasteiger partial charge in [0.15, 0.2) is 0 Å². The first-order valence-corrected chi connectivity index (χ1v) is 6.80. The molecule has 0 aromatic carbocycles. The van der Waals surface area contributed by atoms with Crippen LogP contribution in [0.25, 0.3) is 0 Å². The van der Waals surface area contributed by atoms with E-state index in [0.717, 1.165) is 0 Å². The molecular weight excluding hydrogens is 244 g/mol. The predicted molar refractivity (Wildman–Crippen MR) is 62.9 cm³/mol. The molecule has 0 radical (unpaired) electrons. The maximum Gasteiger partial charge on any atom is 0.243 e. The van der Waals surface area contributed by atoms with Gasteiger partial charge in [-0.25, -0.2) is 13.1 Å². The second-order valence-corrected chi connectivity index (χ2v) is 5.27. The minimum atomic E-state index is -3.45. The molecule has 0 unspecified atom stereocenters. The highest BCUT2D eigenvalue weighted by Gasteiger charge is 2.14. The number of nitrogens with one attached hydrogen (secondary N) is 1. The topological polar surface area (TPSA) is 99.2 Å². The van der Waals surface area contributed by atoms with E-state index in [1.165, 1.54) is 17.1 Å². The molecule has 0 fully saturated rings. The summed E-state index contributed by atoms with van der Waals surface area (Å²) >= 11 is 0. The Labute approximate surface area is 101 Å². The van der Waals surface area contributed by atoms with Gasteiger partial charge in [-0.1, -0.05) is 0 Å². The molecule has 8 heteroatoms. The standard InChI is InChI=1S/C9H18N4O3S/c1-13-8-9(7-11-13)17(14,15)12-4-2-5-16-6-3-10/h7-8,12H,2-6,10H2,1H3. The van der Waals surface area contributed by atoms with Crippen molar-refractivity contribution in [1.82, 2.24) is 14.5 Å². The van der Waals surface area contributed by atoms with Crippen molar-refractivity contribution in [3.63, 3.8) is 0 Å². The molecule has 0 bridgehead atoms. The lowest BCUT2D eigenvalue weighted by molar-refractivity contribution is 0.140. The van der Waals surface area contributed by atoms with E-state index in [1.807, 2.05) is 0 Å². The van der Waals surface area contributed by atoms with Crippen LogP contribution in [0, 0.1) is 0 Å². The first-order valence-electron chi connectivity index (χ1n) is 5.32. The van der Waals surface area contributed by atoms with Gasteiger partial charge >= 0.3 is 0 Å². The molecular formula is C9H18N4O3S. The van der Waals surface area contributed by atoms with E-state index in [0.29, 0.717) is 32.7 Å². The van der Waals surface area contributed by atoms with E-state index in [2.05, 4.69) is 9.82 Å². The quantitative estimate of drug-likeness (QED) is 0.589. The van der Waals surface area contributed by atoms with Crippen molar-refractivity contribution >= 4 is 10.0 Å². The van der Waals surface area contributed by atoms with Crippen molar-refractivity contribution in [2.24, 2.45) is 12.8 Å². The summed E-state index contributed by atoms with van der Waals surface area (Å²) in [6.45, 7) is 1.80. The van der Waals surface area contributed by atoms with E-state index in [9.17, 15) is 8.42 Å². The zero-order valence-corrected chi connectivity index (χ0v) is 10.6. The zero-order valence-electron chi connectivity index (χ0n) is 9.80. The van der Waals surface area contributed by atoms with Crippen LogP contribution in [-0.4, -0.2) is 44.5 Å². The number of aryl methyl sites for hydroxylation is 1. The van der Waals surface area contributed by atoms with E-state index >= 15 is 0 Å². The number of sulfonamides is 1. The number of hydrogen-bond donors (Lipinski definition) is 2. The van der Waals surface area contributed by atoms with Crippen LogP contribution in [0.2, 0.25) is 0 Å². The van der Waals surface area contributed by atoms with E-state index < -0.39 is 10.0 Å². The van der Waals surface area contributed by atoms with Crippen LogP contribution < -0.4 is 10.5 Å². The van der Waals surface area contributed by atoms with Gasteiger partial charge in [-0.05, 0) is 6.42 Å². The summed E-state index contributed by atoms with van der Waals surface area (Å²) in [4.78, 5) is 0.169. The number of rotatable bonds is 8. The molecule has 1 aromatic rings. The Kier molecular flexibility index (Phi) is 5.56. The van der Waals surface area contributed by atoms with E-state index in [1.54, 1.807) is 7.05 Å². The summed E-state index contributed by atoms with van der Waals surface area (Å²) in [5.74, 6) is 0. The highest BCUT2D eigenvalue weighted by molar-refractivity contribution is 7.89. The van der Waals surface area contributed by atoms with Gasteiger partial charge in [0.1, 0.15) is 4.90 Å². The summed E-state index contributed by atoms with van der Waals surface area (Å²) in [7, 11) is -1.78. The average molecular weight is 262 g/mol. The van der Waals surface area contributed by atoms with Crippen molar-refractivity contribution in [2.75, 3.05) is 26.3 Å². The summed E-state index contributed by atoms with van der Waals surface area (Å²) in [5.41, 5.74) is 5.25. The third-order valence-corrected chi connectivity index (χ3v) is 3.43. The molecule has 1 rings (SSSR count). The lowest BCUT2D eigenvalue weighted by Crippen LogP contribution is -2.25. The first kappa shape index (κ1) is 14.1. The molecule has 1 heterocycles. The molecule has 98 valence electrons. The molecule has 7 nitrogen and oxygen atoms in total. The van der Waals surface area contributed by atoms with Crippen LogP contribution >= 0.6 is 0 Å². The molecule has 3 N–H and O–H groups in total. The second-order valence-electron chi connectivity index (χ2n) is 3.50. The van der Waals surface area contributed by atoms with Gasteiger partial charge in [-0.2, -0.15) is 5.10 Å². The average Bonchev–Trinajstić information content (AvgIpc) is 2.71. The molecule has 0 spiro atoms. The molecule has 0 aliphatic carbocycles. The van der Waals surface area contributed by atoms with E-state index in [-0.39, 0.29) is 4.90 Å². The van der Waals surface area contributed by atoms with Crippen molar-refractivity contribution in [3.05, 3.63) is 12.4 Å². The molecule has 0 aliphatic rings. The Balaban J connectivity index is 2.31. The predicted octanol–water partition coefficient (Wildman–Crippen LogP) is -0.936. The number of hydrogen-bond acceptors (Lipinski definition) is 5. The molecule has 0 atom stereocenters. The van der Waals surface area contributed by atoms with Crippen LogP contribution in [-0.2, 0) is 21.8 Å². The summed E-state index contributed by atoms with van der Waals surface area (Å²) in [5, 5.41) is 3.81. The first-order chi connectivity index (χ1) is 8.06. The highest BCUT2D eigenvalue weighted by atomic mass is 32.2. The Hall–Kier alpha value is -0.960. The fourth-order valence-corrected chi connectivity index (χ4v) is 2.24. The molecule has 0 aliphatic heterocycles. The fraction of sp³-hybridized carbons (Fsp3) is 0.667. The van der Waals surface area contributed by atoms with Gasteiger partial charge in [0.2, 0.25) is 10.0 Å². The number of ether oxygens (including phenoxy) is 1. The zero-order chi connectivity index (χ0) is 12.7. The Bertz CT molecular complexity index is 429. The van der Waals surface area contributed by atoms with Gasteiger partial charge in [-0.3, -0.25) is 4.68 Å². The van der Waals surface area contributed by atoms with Gasteiger partial charge in [0, 0.05) is 32.9 Å². The Morgan fingerprint density at radius 2 is 2.29 bits per heavy atom. The fourth-order valence-electron chi connectivity index (χ4n) is 1.19. The van der Waals surface area contributed by atoms with Crippen molar-refractivity contribution < 1.29 is 13.2 Å². The second kappa shape index (κ2) is 6.70. The summed E-state index contributed by atoms with van der Waals surface area (Å²) in [6.07, 6.45) is 3.38. The van der Waals surface area contributed by atoms with Gasteiger partial charge < -0.3 is 10.5 Å². The molecule has 0 saturated carbocycles. The third-order valence-electron chi connectivity index (χ3n) is 2.01. The van der Waals surface area contributed by atoms with Crippen LogP contribution in [0.15, 0.2) is 17.3 Å². The molecule has 0 amide bonds. The largest absolute Gasteiger partial charge is 0.380 e. The lowest BCUT2D eigenvalue weighted by atomic mass is 10.5. The number of aromatic nitrogens is 2. The summed E-state index contributed by atoms with van der Waals surface area (Å²) < 4.78 is 32.5. The van der Waals surface area contributed by atoms with Gasteiger partial charge in [0.05, 0.1) is 12.8 Å². The van der Waals surface area contributed by atoms with Crippen molar-refractivity contribution in [2.45, 2.75) is 11.3 Å². The minimum Gasteiger partial charge on any atom is -0.380 e. The molecule has 1 aromatic heterocycles. The van der Waals surface area contributed by atoms with Crippen molar-refractivity contribution in [1.29, 1.82) is 0 Å². The smallest absolute Gasteiger partial charge is 0.243 e. The minimum absolute atomic E-state index is 0.169. The van der Waals surface area contributed by atoms with Gasteiger partial charge in [0.25, 0.3) is 0 Å². The van der Waals surface area contributed by atoms with Crippen LogP contribution in [0.5, 0.6) is 0 Å².